The molecule has 0 saturated heterocycles. The molecule has 1 heterocycles. The summed E-state index contributed by atoms with van der Waals surface area (Å²) in [4.78, 5) is 48.6. The molecule has 3 aromatic carbocycles. The van der Waals surface area contributed by atoms with Gasteiger partial charge in [0.15, 0.2) is 0 Å². The van der Waals surface area contributed by atoms with Crippen molar-refractivity contribution in [1.29, 1.82) is 0 Å². The number of aromatic amines is 1. The van der Waals surface area contributed by atoms with Crippen LogP contribution in [0.5, 0.6) is 5.75 Å². The van der Waals surface area contributed by atoms with Crippen molar-refractivity contribution in [1.82, 2.24) is 25.5 Å². The van der Waals surface area contributed by atoms with Crippen LogP contribution in [-0.4, -0.2) is 59.0 Å². The van der Waals surface area contributed by atoms with Gasteiger partial charge in [-0.3, -0.25) is 9.59 Å². The largest absolute Gasteiger partial charge is 0.494 e. The van der Waals surface area contributed by atoms with Crippen LogP contribution in [0.1, 0.15) is 49.1 Å². The maximum atomic E-state index is 14.1. The number of hydrogen-bond acceptors (Lipinski definition) is 6. The Bertz CT molecular complexity index is 1490. The first-order valence-electron chi connectivity index (χ1n) is 15.0. The number of H-pyrrole nitrogens is 1. The predicted molar refractivity (Wildman–Crippen MR) is 171 cm³/mol. The lowest BCUT2D eigenvalue weighted by Gasteiger charge is -2.29. The number of alkyl carbamates (subject to hydrolysis) is 1. The molecule has 0 saturated carbocycles. The Kier molecular flexibility index (Phi) is 11.7. The summed E-state index contributed by atoms with van der Waals surface area (Å²) >= 11 is 0. The smallest absolute Gasteiger partial charge is 0.407 e. The van der Waals surface area contributed by atoms with Crippen molar-refractivity contribution in [2.45, 2.75) is 45.3 Å². The van der Waals surface area contributed by atoms with Crippen LogP contribution in [0, 0.1) is 0 Å². The molecule has 3 amide bonds. The molecule has 1 atom stereocenters. The van der Waals surface area contributed by atoms with E-state index in [1.165, 1.54) is 17.4 Å². The van der Waals surface area contributed by atoms with E-state index >= 15 is 0 Å². The van der Waals surface area contributed by atoms with E-state index in [2.05, 4.69) is 34.4 Å². The second-order valence-corrected chi connectivity index (χ2v) is 11.3. The summed E-state index contributed by atoms with van der Waals surface area (Å²) in [7, 11) is 0. The lowest BCUT2D eigenvalue weighted by Crippen LogP contribution is -2.46. The van der Waals surface area contributed by atoms with E-state index in [4.69, 9.17) is 9.47 Å². The number of amides is 3. The molecule has 236 valence electrons. The molecule has 0 aliphatic heterocycles. The summed E-state index contributed by atoms with van der Waals surface area (Å²) in [5, 5.41) is 5.72. The zero-order chi connectivity index (χ0) is 32.1. The third-order valence-electron chi connectivity index (χ3n) is 7.39. The van der Waals surface area contributed by atoms with Gasteiger partial charge < -0.3 is 30.0 Å². The van der Waals surface area contributed by atoms with Gasteiger partial charge in [-0.1, -0.05) is 86.6 Å². The highest BCUT2D eigenvalue weighted by molar-refractivity contribution is 5.89. The normalized spacial score (nSPS) is 11.7. The number of aromatic nitrogens is 2. The SMILES string of the molecule is CCOc1ccc(CN(CC(=O)NCC(C)(C)c2ccccc2)C(=O)[C@@H](CNC(=O)OCc2ccccc2)c2cnc[nH]2)cc1. The Morgan fingerprint density at radius 1 is 0.911 bits per heavy atom. The Hall–Kier alpha value is -5.12. The molecule has 0 aliphatic carbocycles. The van der Waals surface area contributed by atoms with E-state index in [0.717, 1.165) is 16.7 Å². The summed E-state index contributed by atoms with van der Waals surface area (Å²) in [6.45, 7) is 6.98. The summed E-state index contributed by atoms with van der Waals surface area (Å²) in [6, 6.07) is 26.7. The minimum atomic E-state index is -0.840. The highest BCUT2D eigenvalue weighted by Gasteiger charge is 2.30. The third-order valence-corrected chi connectivity index (χ3v) is 7.39. The van der Waals surface area contributed by atoms with Crippen molar-refractivity contribution >= 4 is 17.9 Å². The molecule has 0 unspecified atom stereocenters. The number of ether oxygens (including phenoxy) is 2. The maximum Gasteiger partial charge on any atom is 0.407 e. The van der Waals surface area contributed by atoms with Crippen molar-refractivity contribution in [3.05, 3.63) is 120 Å². The van der Waals surface area contributed by atoms with E-state index < -0.39 is 12.0 Å². The predicted octanol–water partition coefficient (Wildman–Crippen LogP) is 4.94. The van der Waals surface area contributed by atoms with Gasteiger partial charge >= 0.3 is 6.09 Å². The third kappa shape index (κ3) is 9.96. The van der Waals surface area contributed by atoms with Crippen LogP contribution in [0.2, 0.25) is 0 Å². The molecular weight excluding hydrogens is 570 g/mol. The van der Waals surface area contributed by atoms with Gasteiger partial charge in [0.05, 0.1) is 25.4 Å². The van der Waals surface area contributed by atoms with E-state index in [1.54, 1.807) is 0 Å². The average Bonchev–Trinajstić information content (AvgIpc) is 3.59. The van der Waals surface area contributed by atoms with Gasteiger partial charge in [-0.15, -0.1) is 0 Å². The van der Waals surface area contributed by atoms with Crippen LogP contribution in [0.15, 0.2) is 97.5 Å². The Balaban J connectivity index is 1.48. The number of hydrogen-bond donors (Lipinski definition) is 3. The van der Waals surface area contributed by atoms with Gasteiger partial charge in [0, 0.05) is 36.9 Å². The lowest BCUT2D eigenvalue weighted by molar-refractivity contribution is -0.138. The van der Waals surface area contributed by atoms with Gasteiger partial charge in [-0.2, -0.15) is 0 Å². The van der Waals surface area contributed by atoms with Crippen molar-refractivity contribution in [2.75, 3.05) is 26.2 Å². The van der Waals surface area contributed by atoms with Crippen LogP contribution in [0.25, 0.3) is 0 Å². The molecule has 4 aromatic rings. The molecule has 45 heavy (non-hydrogen) atoms. The van der Waals surface area contributed by atoms with E-state index in [9.17, 15) is 14.4 Å². The average molecular weight is 612 g/mol. The molecule has 0 radical (unpaired) electrons. The topological polar surface area (TPSA) is 126 Å². The van der Waals surface area contributed by atoms with Crippen LogP contribution in [0.3, 0.4) is 0 Å². The Morgan fingerprint density at radius 3 is 2.24 bits per heavy atom. The first-order chi connectivity index (χ1) is 21.7. The number of imidazole rings is 1. The Morgan fingerprint density at radius 2 is 1.60 bits per heavy atom. The van der Waals surface area contributed by atoms with E-state index in [1.807, 2.05) is 91.9 Å². The zero-order valence-corrected chi connectivity index (χ0v) is 26.0. The molecule has 0 spiro atoms. The number of rotatable bonds is 15. The van der Waals surface area contributed by atoms with Crippen molar-refractivity contribution < 1.29 is 23.9 Å². The molecule has 1 aromatic heterocycles. The quantitative estimate of drug-likeness (QED) is 0.175. The summed E-state index contributed by atoms with van der Waals surface area (Å²) in [5.74, 6) is -0.771. The molecule has 10 heteroatoms. The van der Waals surface area contributed by atoms with E-state index in [-0.39, 0.29) is 43.5 Å². The van der Waals surface area contributed by atoms with Gasteiger partial charge in [0.1, 0.15) is 12.4 Å². The van der Waals surface area contributed by atoms with Crippen molar-refractivity contribution in [3.63, 3.8) is 0 Å². The Labute approximate surface area is 264 Å². The first kappa shape index (κ1) is 32.8. The monoisotopic (exact) mass is 611 g/mol. The van der Waals surface area contributed by atoms with Crippen molar-refractivity contribution in [3.8, 4) is 5.75 Å². The molecule has 0 aliphatic rings. The molecule has 0 fully saturated rings. The summed E-state index contributed by atoms with van der Waals surface area (Å²) in [5.41, 5.74) is 2.95. The van der Waals surface area contributed by atoms with Crippen LogP contribution < -0.4 is 15.4 Å². The maximum absolute atomic E-state index is 14.1. The molecular formula is C35H41N5O5. The van der Waals surface area contributed by atoms with Gasteiger partial charge in [0.25, 0.3) is 0 Å². The zero-order valence-electron chi connectivity index (χ0n) is 26.0. The highest BCUT2D eigenvalue weighted by Crippen LogP contribution is 2.22. The standard InChI is InChI=1S/C35H41N5O5/c1-4-44-29-17-15-26(16-18-29)21-40(22-32(41)38-24-35(2,3)28-13-9-6-10-14-28)33(42)30(31-20-36-25-39-31)19-37-34(43)45-23-27-11-7-5-8-12-27/h5-18,20,25,30H,4,19,21-24H2,1-3H3,(H,36,39)(H,37,43)(H,38,41)/t30-/m0/s1. The molecule has 10 nitrogen and oxygen atoms in total. The van der Waals surface area contributed by atoms with Crippen molar-refractivity contribution in [2.24, 2.45) is 0 Å². The van der Waals surface area contributed by atoms with Crippen LogP contribution >= 0.6 is 0 Å². The first-order valence-corrected chi connectivity index (χ1v) is 15.0. The second-order valence-electron chi connectivity index (χ2n) is 11.3. The summed E-state index contributed by atoms with van der Waals surface area (Å²) < 4.78 is 10.9. The number of nitrogens with zero attached hydrogens (tertiary/aromatic N) is 2. The molecule has 4 rings (SSSR count). The minimum Gasteiger partial charge on any atom is -0.494 e. The fourth-order valence-corrected chi connectivity index (χ4v) is 4.80. The second kappa shape index (κ2) is 16.1. The molecule has 3 N–H and O–H groups in total. The summed E-state index contributed by atoms with van der Waals surface area (Å²) in [6.07, 6.45) is 2.35. The fraction of sp³-hybridized carbons (Fsp3) is 0.314. The van der Waals surface area contributed by atoms with Gasteiger partial charge in [-0.05, 0) is 35.7 Å². The minimum absolute atomic E-state index is 0.0584. The number of carbonyl (C=O) groups is 3. The highest BCUT2D eigenvalue weighted by atomic mass is 16.5. The number of carbonyl (C=O) groups excluding carboxylic acids is 3. The number of benzene rings is 3. The van der Waals surface area contributed by atoms with Crippen LogP contribution in [0.4, 0.5) is 4.79 Å². The fourth-order valence-electron chi connectivity index (χ4n) is 4.80. The molecule has 0 bridgehead atoms. The van der Waals surface area contributed by atoms with Gasteiger partial charge in [0.2, 0.25) is 11.8 Å². The lowest BCUT2D eigenvalue weighted by atomic mass is 9.84. The van der Waals surface area contributed by atoms with E-state index in [0.29, 0.717) is 24.6 Å². The number of nitrogens with one attached hydrogen (secondary N) is 3. The van der Waals surface area contributed by atoms with Gasteiger partial charge in [-0.25, -0.2) is 9.78 Å². The van der Waals surface area contributed by atoms with Crippen LogP contribution in [-0.2, 0) is 32.9 Å².